The number of ether oxygens (including phenoxy) is 1. The summed E-state index contributed by atoms with van der Waals surface area (Å²) < 4.78 is 5.17. The molecule has 4 rings (SSSR count). The van der Waals surface area contributed by atoms with E-state index < -0.39 is 0 Å². The molecular formula is C25H27N3O3S. The number of amides is 2. The second-order valence-electron chi connectivity index (χ2n) is 7.92. The van der Waals surface area contributed by atoms with E-state index >= 15 is 0 Å². The molecule has 1 fully saturated rings. The predicted molar refractivity (Wildman–Crippen MR) is 127 cm³/mol. The molecule has 1 aromatic heterocycles. The fourth-order valence-corrected chi connectivity index (χ4v) is 4.28. The molecule has 1 aliphatic rings. The van der Waals surface area contributed by atoms with Crippen LogP contribution in [0.4, 0.5) is 0 Å². The molecule has 0 radical (unpaired) electrons. The van der Waals surface area contributed by atoms with Crippen molar-refractivity contribution in [1.29, 1.82) is 0 Å². The van der Waals surface area contributed by atoms with Crippen molar-refractivity contribution in [3.63, 3.8) is 0 Å². The van der Waals surface area contributed by atoms with Crippen LogP contribution in [-0.2, 0) is 11.2 Å². The van der Waals surface area contributed by atoms with E-state index in [9.17, 15) is 9.59 Å². The number of nitrogens with one attached hydrogen (secondary N) is 2. The van der Waals surface area contributed by atoms with Crippen molar-refractivity contribution in [1.82, 2.24) is 15.6 Å². The molecule has 32 heavy (non-hydrogen) atoms. The molecule has 2 N–H and O–H groups in total. The van der Waals surface area contributed by atoms with Crippen molar-refractivity contribution in [2.24, 2.45) is 0 Å². The standard InChI is InChI=1S/C25H27N3O3S/c1-16(24(29)26-14-13-17-7-11-19(31-2)12-8-17)32-23-15-21(25(30)27-18-9-10-18)20-5-3-4-6-22(20)28-23/h3-8,11-12,15-16,18H,9-10,13-14H2,1-2H3,(H,26,29)(H,27,30). The average molecular weight is 450 g/mol. The maximum atomic E-state index is 12.8. The average Bonchev–Trinajstić information content (AvgIpc) is 3.62. The smallest absolute Gasteiger partial charge is 0.252 e. The van der Waals surface area contributed by atoms with Crippen LogP contribution < -0.4 is 15.4 Å². The van der Waals surface area contributed by atoms with Gasteiger partial charge in [0.25, 0.3) is 5.91 Å². The van der Waals surface area contributed by atoms with Gasteiger partial charge in [0.05, 0.1) is 28.5 Å². The summed E-state index contributed by atoms with van der Waals surface area (Å²) in [6.07, 6.45) is 2.81. The third kappa shape index (κ3) is 5.59. The SMILES string of the molecule is COc1ccc(CCNC(=O)C(C)Sc2cc(C(=O)NC3CC3)c3ccccc3n2)cc1. The van der Waals surface area contributed by atoms with Crippen molar-refractivity contribution in [3.05, 3.63) is 65.7 Å². The molecule has 1 heterocycles. The number of hydrogen-bond donors (Lipinski definition) is 2. The van der Waals surface area contributed by atoms with Gasteiger partial charge in [0, 0.05) is 18.0 Å². The van der Waals surface area contributed by atoms with E-state index in [4.69, 9.17) is 4.74 Å². The minimum Gasteiger partial charge on any atom is -0.497 e. The predicted octanol–water partition coefficient (Wildman–Crippen LogP) is 3.98. The largest absolute Gasteiger partial charge is 0.497 e. The summed E-state index contributed by atoms with van der Waals surface area (Å²) in [6, 6.07) is 17.5. The lowest BCUT2D eigenvalue weighted by Crippen LogP contribution is -2.32. The first-order valence-corrected chi connectivity index (χ1v) is 11.7. The highest BCUT2D eigenvalue weighted by molar-refractivity contribution is 8.00. The van der Waals surface area contributed by atoms with Gasteiger partial charge < -0.3 is 15.4 Å². The summed E-state index contributed by atoms with van der Waals surface area (Å²) in [5, 5.41) is 7.20. The number of aromatic nitrogens is 1. The van der Waals surface area contributed by atoms with E-state index in [2.05, 4.69) is 15.6 Å². The second-order valence-corrected chi connectivity index (χ2v) is 9.28. The Labute approximate surface area is 192 Å². The number of methoxy groups -OCH3 is 1. The maximum absolute atomic E-state index is 12.8. The molecule has 2 amide bonds. The highest BCUT2D eigenvalue weighted by Gasteiger charge is 2.25. The molecule has 0 saturated heterocycles. The highest BCUT2D eigenvalue weighted by atomic mass is 32.2. The van der Waals surface area contributed by atoms with Crippen molar-refractivity contribution < 1.29 is 14.3 Å². The Balaban J connectivity index is 1.39. The zero-order valence-corrected chi connectivity index (χ0v) is 19.1. The summed E-state index contributed by atoms with van der Waals surface area (Å²) in [7, 11) is 1.64. The van der Waals surface area contributed by atoms with Gasteiger partial charge >= 0.3 is 0 Å². The number of carbonyl (C=O) groups is 2. The number of carbonyl (C=O) groups excluding carboxylic acids is 2. The molecule has 0 bridgehead atoms. The Hall–Kier alpha value is -3.06. The molecule has 6 nitrogen and oxygen atoms in total. The van der Waals surface area contributed by atoms with Crippen molar-refractivity contribution in [3.8, 4) is 5.75 Å². The lowest BCUT2D eigenvalue weighted by Gasteiger charge is -2.14. The number of thioether (sulfide) groups is 1. The van der Waals surface area contributed by atoms with E-state index in [0.29, 0.717) is 17.1 Å². The molecule has 1 aliphatic carbocycles. The number of benzene rings is 2. The van der Waals surface area contributed by atoms with Crippen LogP contribution in [0.3, 0.4) is 0 Å². The van der Waals surface area contributed by atoms with Gasteiger partial charge in [-0.3, -0.25) is 9.59 Å². The number of rotatable bonds is 9. The Morgan fingerprint density at radius 1 is 1.16 bits per heavy atom. The van der Waals surface area contributed by atoms with Crippen molar-refractivity contribution in [2.45, 2.75) is 42.5 Å². The van der Waals surface area contributed by atoms with Crippen LogP contribution in [0, 0.1) is 0 Å². The molecule has 0 spiro atoms. The molecule has 7 heteroatoms. The number of para-hydroxylation sites is 1. The number of hydrogen-bond acceptors (Lipinski definition) is 5. The minimum absolute atomic E-state index is 0.0533. The van der Waals surface area contributed by atoms with Gasteiger partial charge in [-0.25, -0.2) is 4.98 Å². The molecule has 1 unspecified atom stereocenters. The fourth-order valence-electron chi connectivity index (χ4n) is 3.39. The Morgan fingerprint density at radius 3 is 2.62 bits per heavy atom. The number of nitrogens with zero attached hydrogens (tertiary/aromatic N) is 1. The van der Waals surface area contributed by atoms with E-state index in [1.165, 1.54) is 11.8 Å². The lowest BCUT2D eigenvalue weighted by atomic mass is 10.1. The van der Waals surface area contributed by atoms with E-state index in [-0.39, 0.29) is 23.1 Å². The van der Waals surface area contributed by atoms with Crippen LogP contribution in [0.15, 0.2) is 59.6 Å². The number of fused-ring (bicyclic) bond motifs is 1. The molecule has 1 saturated carbocycles. The van der Waals surface area contributed by atoms with Gasteiger partial charge in [-0.1, -0.05) is 42.1 Å². The van der Waals surface area contributed by atoms with Crippen LogP contribution >= 0.6 is 11.8 Å². The Kier molecular flexibility index (Phi) is 6.95. The topological polar surface area (TPSA) is 80.3 Å². The fraction of sp³-hybridized carbons (Fsp3) is 0.320. The van der Waals surface area contributed by atoms with Gasteiger partial charge in [0.15, 0.2) is 0 Å². The van der Waals surface area contributed by atoms with Crippen LogP contribution in [-0.4, -0.2) is 41.7 Å². The zero-order valence-electron chi connectivity index (χ0n) is 18.3. The summed E-state index contributed by atoms with van der Waals surface area (Å²) >= 11 is 1.36. The maximum Gasteiger partial charge on any atom is 0.252 e. The molecule has 1 atom stereocenters. The van der Waals surface area contributed by atoms with Crippen LogP contribution in [0.5, 0.6) is 5.75 Å². The van der Waals surface area contributed by atoms with Gasteiger partial charge in [-0.2, -0.15) is 0 Å². The molecule has 3 aromatic rings. The second kappa shape index (κ2) is 10.0. The summed E-state index contributed by atoms with van der Waals surface area (Å²) in [5.74, 6) is 0.683. The van der Waals surface area contributed by atoms with E-state index in [0.717, 1.165) is 41.5 Å². The van der Waals surface area contributed by atoms with Crippen LogP contribution in [0.25, 0.3) is 10.9 Å². The summed E-state index contributed by atoms with van der Waals surface area (Å²) in [4.78, 5) is 30.0. The van der Waals surface area contributed by atoms with Gasteiger partial charge in [-0.15, -0.1) is 0 Å². The summed E-state index contributed by atoms with van der Waals surface area (Å²) in [5.41, 5.74) is 2.50. The van der Waals surface area contributed by atoms with Crippen molar-refractivity contribution >= 4 is 34.5 Å². The first-order valence-electron chi connectivity index (χ1n) is 10.8. The highest BCUT2D eigenvalue weighted by Crippen LogP contribution is 2.28. The van der Waals surface area contributed by atoms with Crippen LogP contribution in [0.1, 0.15) is 35.7 Å². The van der Waals surface area contributed by atoms with Crippen LogP contribution in [0.2, 0.25) is 0 Å². The molecule has 166 valence electrons. The van der Waals surface area contributed by atoms with E-state index in [1.807, 2.05) is 55.5 Å². The zero-order chi connectivity index (χ0) is 22.5. The number of pyridine rings is 1. The van der Waals surface area contributed by atoms with E-state index in [1.54, 1.807) is 13.2 Å². The Bertz CT molecular complexity index is 1110. The lowest BCUT2D eigenvalue weighted by molar-refractivity contribution is -0.120. The van der Waals surface area contributed by atoms with Gasteiger partial charge in [-0.05, 0) is 56.0 Å². The normalized spacial score (nSPS) is 14.1. The first-order chi connectivity index (χ1) is 15.5. The molecule has 2 aromatic carbocycles. The summed E-state index contributed by atoms with van der Waals surface area (Å²) in [6.45, 7) is 2.41. The Morgan fingerprint density at radius 2 is 1.91 bits per heavy atom. The van der Waals surface area contributed by atoms with Gasteiger partial charge in [0.1, 0.15) is 5.75 Å². The minimum atomic E-state index is -0.334. The molecular weight excluding hydrogens is 422 g/mol. The van der Waals surface area contributed by atoms with Gasteiger partial charge in [0.2, 0.25) is 5.91 Å². The molecule has 0 aliphatic heterocycles. The monoisotopic (exact) mass is 449 g/mol. The van der Waals surface area contributed by atoms with Crippen molar-refractivity contribution in [2.75, 3.05) is 13.7 Å². The first kappa shape index (κ1) is 22.1. The third-order valence-electron chi connectivity index (χ3n) is 5.39. The third-order valence-corrected chi connectivity index (χ3v) is 6.41. The quantitative estimate of drug-likeness (QED) is 0.483.